The van der Waals surface area contributed by atoms with Crippen LogP contribution in [-0.2, 0) is 0 Å². The second-order valence-corrected chi connectivity index (χ2v) is 4.21. The van der Waals surface area contributed by atoms with Crippen molar-refractivity contribution in [1.29, 1.82) is 0 Å². The molecule has 0 aliphatic heterocycles. The summed E-state index contributed by atoms with van der Waals surface area (Å²) in [5.41, 5.74) is -0.397. The summed E-state index contributed by atoms with van der Waals surface area (Å²) < 4.78 is 31.5. The van der Waals surface area contributed by atoms with E-state index in [1.807, 2.05) is 13.8 Å². The van der Waals surface area contributed by atoms with Crippen LogP contribution in [0, 0.1) is 17.6 Å². The van der Waals surface area contributed by atoms with Crippen LogP contribution in [0.25, 0.3) is 0 Å². The molecule has 94 valence electrons. The number of rotatable bonds is 5. The van der Waals surface area contributed by atoms with Gasteiger partial charge < -0.3 is 14.8 Å². The molecule has 0 atom stereocenters. The van der Waals surface area contributed by atoms with Crippen molar-refractivity contribution in [3.05, 3.63) is 23.8 Å². The Bertz CT molecular complexity index is 383. The quantitative estimate of drug-likeness (QED) is 0.761. The van der Waals surface area contributed by atoms with Gasteiger partial charge in [0.25, 0.3) is 0 Å². The van der Waals surface area contributed by atoms with Gasteiger partial charge in [0.1, 0.15) is 5.82 Å². The van der Waals surface area contributed by atoms with E-state index in [1.54, 1.807) is 0 Å². The van der Waals surface area contributed by atoms with Crippen LogP contribution in [0.2, 0.25) is 0 Å². The second-order valence-electron chi connectivity index (χ2n) is 4.21. The van der Waals surface area contributed by atoms with Crippen LogP contribution in [0.5, 0.6) is 5.75 Å². The molecule has 3 nitrogen and oxygen atoms in total. The molecule has 17 heavy (non-hydrogen) atoms. The van der Waals surface area contributed by atoms with Crippen LogP contribution in [-0.4, -0.2) is 23.8 Å². The smallest absolute Gasteiger partial charge is 0.491 e. The number of halogens is 2. The molecule has 0 amide bonds. The lowest BCUT2D eigenvalue weighted by atomic mass is 9.80. The molecule has 0 aliphatic carbocycles. The Morgan fingerprint density at radius 1 is 1.24 bits per heavy atom. The fourth-order valence-corrected chi connectivity index (χ4v) is 1.26. The third-order valence-electron chi connectivity index (χ3n) is 2.28. The van der Waals surface area contributed by atoms with Gasteiger partial charge in [-0.25, -0.2) is 8.78 Å². The predicted octanol–water partition coefficient (Wildman–Crippen LogP) is 1.07. The van der Waals surface area contributed by atoms with E-state index in [4.69, 9.17) is 14.8 Å². The lowest BCUT2D eigenvalue weighted by Crippen LogP contribution is -2.33. The molecule has 1 aromatic rings. The highest BCUT2D eigenvalue weighted by Crippen LogP contribution is 2.17. The van der Waals surface area contributed by atoms with E-state index in [9.17, 15) is 8.78 Å². The lowest BCUT2D eigenvalue weighted by Gasteiger charge is -2.11. The number of hydrogen-bond donors (Lipinski definition) is 2. The maximum atomic E-state index is 13.3. The summed E-state index contributed by atoms with van der Waals surface area (Å²) in [5.74, 6) is -1.62. The van der Waals surface area contributed by atoms with Crippen molar-refractivity contribution in [2.24, 2.45) is 5.92 Å². The van der Waals surface area contributed by atoms with Crippen LogP contribution in [0.1, 0.15) is 20.3 Å². The molecule has 0 heterocycles. The minimum Gasteiger partial charge on any atom is -0.491 e. The van der Waals surface area contributed by atoms with Gasteiger partial charge in [-0.05, 0) is 18.4 Å². The van der Waals surface area contributed by atoms with Gasteiger partial charge in [0, 0.05) is 11.5 Å². The van der Waals surface area contributed by atoms with Crippen molar-refractivity contribution in [3.63, 3.8) is 0 Å². The van der Waals surface area contributed by atoms with E-state index < -0.39 is 24.2 Å². The highest BCUT2D eigenvalue weighted by atomic mass is 19.1. The van der Waals surface area contributed by atoms with Gasteiger partial charge in [0.2, 0.25) is 0 Å². The van der Waals surface area contributed by atoms with Crippen LogP contribution in [0.15, 0.2) is 12.1 Å². The van der Waals surface area contributed by atoms with Crippen molar-refractivity contribution in [3.8, 4) is 5.75 Å². The Morgan fingerprint density at radius 3 is 2.41 bits per heavy atom. The molecule has 0 fully saturated rings. The SMILES string of the molecule is CC(C)CCOc1cc(B(O)O)c(F)cc1F. The maximum absolute atomic E-state index is 13.3. The molecule has 0 aliphatic rings. The topological polar surface area (TPSA) is 49.7 Å². The van der Waals surface area contributed by atoms with Crippen LogP contribution in [0.4, 0.5) is 8.78 Å². The minimum atomic E-state index is -1.98. The van der Waals surface area contributed by atoms with Gasteiger partial charge >= 0.3 is 7.12 Å². The Labute approximate surface area is 99.2 Å². The number of hydrogen-bond acceptors (Lipinski definition) is 3. The van der Waals surface area contributed by atoms with E-state index in [0.717, 1.165) is 12.5 Å². The van der Waals surface area contributed by atoms with E-state index in [2.05, 4.69) is 0 Å². The molecule has 0 radical (unpaired) electrons. The first-order chi connectivity index (χ1) is 7.91. The first-order valence-corrected chi connectivity index (χ1v) is 5.39. The van der Waals surface area contributed by atoms with Crippen molar-refractivity contribution in [1.82, 2.24) is 0 Å². The Morgan fingerprint density at radius 2 is 1.88 bits per heavy atom. The fourth-order valence-electron chi connectivity index (χ4n) is 1.26. The summed E-state index contributed by atoms with van der Waals surface area (Å²) in [6.45, 7) is 4.28. The van der Waals surface area contributed by atoms with Crippen LogP contribution < -0.4 is 10.2 Å². The molecule has 1 aromatic carbocycles. The Balaban J connectivity index is 2.81. The van der Waals surface area contributed by atoms with E-state index in [0.29, 0.717) is 18.6 Å². The van der Waals surface area contributed by atoms with E-state index >= 15 is 0 Å². The molecule has 0 saturated carbocycles. The van der Waals surface area contributed by atoms with E-state index in [1.165, 1.54) is 0 Å². The van der Waals surface area contributed by atoms with Crippen molar-refractivity contribution < 1.29 is 23.6 Å². The van der Waals surface area contributed by atoms with Crippen molar-refractivity contribution in [2.75, 3.05) is 6.61 Å². The molecular weight excluding hydrogens is 229 g/mol. The zero-order chi connectivity index (χ0) is 13.0. The highest BCUT2D eigenvalue weighted by Gasteiger charge is 2.20. The van der Waals surface area contributed by atoms with E-state index in [-0.39, 0.29) is 5.75 Å². The highest BCUT2D eigenvalue weighted by molar-refractivity contribution is 6.58. The Hall–Kier alpha value is -1.14. The molecule has 2 N–H and O–H groups in total. The van der Waals surface area contributed by atoms with Crippen molar-refractivity contribution >= 4 is 12.6 Å². The molecular formula is C11H15BF2O3. The monoisotopic (exact) mass is 244 g/mol. The van der Waals surface area contributed by atoms with Gasteiger partial charge in [-0.15, -0.1) is 0 Å². The molecule has 0 aromatic heterocycles. The summed E-state index contributed by atoms with van der Waals surface area (Å²) in [4.78, 5) is 0. The fraction of sp³-hybridized carbons (Fsp3) is 0.455. The lowest BCUT2D eigenvalue weighted by molar-refractivity contribution is 0.276. The molecule has 0 spiro atoms. The molecule has 1 rings (SSSR count). The predicted molar refractivity (Wildman–Crippen MR) is 61.1 cm³/mol. The third-order valence-corrected chi connectivity index (χ3v) is 2.28. The Kier molecular flexibility index (Phi) is 4.90. The third kappa shape index (κ3) is 3.98. The molecule has 0 unspecified atom stereocenters. The maximum Gasteiger partial charge on any atom is 0.491 e. The average Bonchev–Trinajstić information content (AvgIpc) is 2.20. The summed E-state index contributed by atoms with van der Waals surface area (Å²) in [6.07, 6.45) is 0.730. The van der Waals surface area contributed by atoms with Gasteiger partial charge in [-0.2, -0.15) is 0 Å². The normalized spacial score (nSPS) is 10.8. The van der Waals surface area contributed by atoms with Crippen molar-refractivity contribution in [2.45, 2.75) is 20.3 Å². The van der Waals surface area contributed by atoms with Gasteiger partial charge in [0.05, 0.1) is 6.61 Å². The summed E-state index contributed by atoms with van der Waals surface area (Å²) in [7, 11) is -1.98. The minimum absolute atomic E-state index is 0.171. The zero-order valence-corrected chi connectivity index (χ0v) is 9.78. The second kappa shape index (κ2) is 5.98. The van der Waals surface area contributed by atoms with Crippen LogP contribution >= 0.6 is 0 Å². The standard InChI is InChI=1S/C11H15BF2O3/c1-7(2)3-4-17-11-5-8(12(15)16)9(13)6-10(11)14/h5-7,15-16H,3-4H2,1-2H3. The molecule has 0 saturated heterocycles. The number of ether oxygens (including phenoxy) is 1. The number of benzene rings is 1. The average molecular weight is 244 g/mol. The summed E-state index contributed by atoms with van der Waals surface area (Å²) in [5, 5.41) is 17.7. The van der Waals surface area contributed by atoms with Crippen LogP contribution in [0.3, 0.4) is 0 Å². The molecule has 6 heteroatoms. The van der Waals surface area contributed by atoms with Gasteiger partial charge in [-0.3, -0.25) is 0 Å². The first kappa shape index (κ1) is 13.9. The summed E-state index contributed by atoms with van der Waals surface area (Å²) >= 11 is 0. The first-order valence-electron chi connectivity index (χ1n) is 5.39. The largest absolute Gasteiger partial charge is 0.491 e. The van der Waals surface area contributed by atoms with Gasteiger partial charge in [-0.1, -0.05) is 13.8 Å². The zero-order valence-electron chi connectivity index (χ0n) is 9.78. The van der Waals surface area contributed by atoms with Gasteiger partial charge in [0.15, 0.2) is 11.6 Å². The summed E-state index contributed by atoms with van der Waals surface area (Å²) in [6, 6.07) is 1.55. The molecule has 0 bridgehead atoms.